The number of carbonyl (C=O) groups excluding carboxylic acids is 4. The van der Waals surface area contributed by atoms with Crippen molar-refractivity contribution in [1.82, 2.24) is 5.32 Å². The third-order valence-corrected chi connectivity index (χ3v) is 5.55. The van der Waals surface area contributed by atoms with Gasteiger partial charge in [0.15, 0.2) is 0 Å². The molecule has 37 heavy (non-hydrogen) atoms. The lowest BCUT2D eigenvalue weighted by molar-refractivity contribution is -0.122. The van der Waals surface area contributed by atoms with Crippen LogP contribution in [0.4, 0.5) is 14.9 Å². The zero-order chi connectivity index (χ0) is 26.5. The van der Waals surface area contributed by atoms with Crippen LogP contribution in [-0.4, -0.2) is 30.4 Å². The van der Waals surface area contributed by atoms with Gasteiger partial charge in [-0.2, -0.15) is 0 Å². The largest absolute Gasteiger partial charge is 0.488 e. The van der Waals surface area contributed by atoms with Crippen molar-refractivity contribution in [2.75, 3.05) is 11.5 Å². The van der Waals surface area contributed by atoms with Crippen LogP contribution in [0.15, 0.2) is 72.3 Å². The van der Waals surface area contributed by atoms with Gasteiger partial charge in [-0.05, 0) is 73.2 Å². The molecule has 4 amide bonds. The number of hydrogen-bond acceptors (Lipinski definition) is 6. The van der Waals surface area contributed by atoms with Crippen LogP contribution in [0.5, 0.6) is 5.75 Å². The second-order valence-electron chi connectivity index (χ2n) is 7.82. The molecular weight excluding hydrogens is 503 g/mol. The maximum absolute atomic E-state index is 13.3. The van der Waals surface area contributed by atoms with Gasteiger partial charge in [-0.25, -0.2) is 18.9 Å². The lowest BCUT2D eigenvalue weighted by atomic mass is 10.1. The second-order valence-corrected chi connectivity index (χ2v) is 8.26. The topological polar surface area (TPSA) is 102 Å². The number of esters is 1. The van der Waals surface area contributed by atoms with Crippen LogP contribution in [-0.2, 0) is 20.9 Å². The zero-order valence-electron chi connectivity index (χ0n) is 19.5. The van der Waals surface area contributed by atoms with Gasteiger partial charge in [-0.15, -0.1) is 0 Å². The number of halogens is 2. The van der Waals surface area contributed by atoms with Gasteiger partial charge in [-0.3, -0.25) is 14.9 Å². The monoisotopic (exact) mass is 522 g/mol. The summed E-state index contributed by atoms with van der Waals surface area (Å²) >= 11 is 6.14. The maximum Gasteiger partial charge on any atom is 0.338 e. The van der Waals surface area contributed by atoms with Gasteiger partial charge < -0.3 is 9.47 Å². The Morgan fingerprint density at radius 1 is 1.03 bits per heavy atom. The van der Waals surface area contributed by atoms with Gasteiger partial charge in [0.2, 0.25) is 0 Å². The van der Waals surface area contributed by atoms with Crippen LogP contribution >= 0.6 is 11.6 Å². The molecule has 1 fully saturated rings. The highest BCUT2D eigenvalue weighted by molar-refractivity contribution is 6.39. The van der Waals surface area contributed by atoms with Crippen molar-refractivity contribution in [2.45, 2.75) is 13.5 Å². The third kappa shape index (κ3) is 5.84. The van der Waals surface area contributed by atoms with E-state index in [1.165, 1.54) is 48.5 Å². The number of ether oxygens (including phenoxy) is 2. The molecule has 1 aliphatic heterocycles. The van der Waals surface area contributed by atoms with E-state index in [9.17, 15) is 23.6 Å². The number of nitrogens with one attached hydrogen (secondary N) is 1. The Bertz CT molecular complexity index is 1400. The van der Waals surface area contributed by atoms with E-state index in [4.69, 9.17) is 21.1 Å². The van der Waals surface area contributed by atoms with E-state index in [-0.39, 0.29) is 35.9 Å². The van der Waals surface area contributed by atoms with Crippen LogP contribution in [0.1, 0.15) is 28.4 Å². The number of barbiturate groups is 1. The Morgan fingerprint density at radius 3 is 2.41 bits per heavy atom. The highest BCUT2D eigenvalue weighted by Gasteiger charge is 2.37. The molecule has 0 radical (unpaired) electrons. The van der Waals surface area contributed by atoms with E-state index in [1.807, 2.05) is 0 Å². The molecule has 1 heterocycles. The molecule has 3 aromatic carbocycles. The van der Waals surface area contributed by atoms with Gasteiger partial charge in [0, 0.05) is 10.6 Å². The van der Waals surface area contributed by atoms with E-state index in [0.29, 0.717) is 21.9 Å². The van der Waals surface area contributed by atoms with Gasteiger partial charge >= 0.3 is 12.0 Å². The summed E-state index contributed by atoms with van der Waals surface area (Å²) in [5, 5.41) is 2.47. The lowest BCUT2D eigenvalue weighted by Crippen LogP contribution is -2.54. The number of rotatable bonds is 7. The molecule has 10 heteroatoms. The van der Waals surface area contributed by atoms with Crippen molar-refractivity contribution in [1.29, 1.82) is 0 Å². The molecule has 0 saturated carbocycles. The summed E-state index contributed by atoms with van der Waals surface area (Å²) in [7, 11) is 0. The van der Waals surface area contributed by atoms with Crippen molar-refractivity contribution in [3.05, 3.63) is 99.8 Å². The summed E-state index contributed by atoms with van der Waals surface area (Å²) < 4.78 is 23.9. The molecule has 1 saturated heterocycles. The summed E-state index contributed by atoms with van der Waals surface area (Å²) in [6.45, 7) is 1.96. The van der Waals surface area contributed by atoms with E-state index in [2.05, 4.69) is 5.32 Å². The predicted molar refractivity (Wildman–Crippen MR) is 134 cm³/mol. The predicted octanol–water partition coefficient (Wildman–Crippen LogP) is 4.90. The highest BCUT2D eigenvalue weighted by Crippen LogP contribution is 2.29. The van der Waals surface area contributed by atoms with Crippen LogP contribution in [0, 0.1) is 5.82 Å². The lowest BCUT2D eigenvalue weighted by Gasteiger charge is -2.26. The highest BCUT2D eigenvalue weighted by atomic mass is 35.5. The maximum atomic E-state index is 13.3. The number of anilines is 1. The Labute approximate surface area is 216 Å². The van der Waals surface area contributed by atoms with Crippen molar-refractivity contribution in [3.8, 4) is 5.75 Å². The number of urea groups is 1. The normalized spacial score (nSPS) is 14.5. The minimum Gasteiger partial charge on any atom is -0.488 e. The smallest absolute Gasteiger partial charge is 0.338 e. The summed E-state index contributed by atoms with van der Waals surface area (Å²) in [4.78, 5) is 51.1. The first-order chi connectivity index (χ1) is 17.8. The summed E-state index contributed by atoms with van der Waals surface area (Å²) in [6.07, 6.45) is 1.27. The number of benzene rings is 3. The number of amides is 4. The fourth-order valence-corrected chi connectivity index (χ4v) is 3.69. The van der Waals surface area contributed by atoms with Crippen LogP contribution in [0.25, 0.3) is 6.08 Å². The Kier molecular flexibility index (Phi) is 7.64. The average Bonchev–Trinajstić information content (AvgIpc) is 2.87. The minimum atomic E-state index is -0.935. The summed E-state index contributed by atoms with van der Waals surface area (Å²) in [6, 6.07) is 15.1. The first kappa shape index (κ1) is 25.6. The number of nitrogens with zero attached hydrogens (tertiary/aromatic N) is 1. The van der Waals surface area contributed by atoms with Crippen LogP contribution in [0.2, 0.25) is 5.02 Å². The molecule has 0 spiro atoms. The minimum absolute atomic E-state index is 0.0929. The molecule has 0 bridgehead atoms. The first-order valence-corrected chi connectivity index (χ1v) is 11.5. The average molecular weight is 523 g/mol. The molecule has 188 valence electrons. The zero-order valence-corrected chi connectivity index (χ0v) is 20.3. The second kappa shape index (κ2) is 11.0. The van der Waals surface area contributed by atoms with Crippen molar-refractivity contribution >= 4 is 47.2 Å². The summed E-state index contributed by atoms with van der Waals surface area (Å²) in [5.74, 6) is -2.38. The van der Waals surface area contributed by atoms with E-state index >= 15 is 0 Å². The van der Waals surface area contributed by atoms with Crippen LogP contribution < -0.4 is 15.0 Å². The molecule has 0 unspecified atom stereocenters. The third-order valence-electron chi connectivity index (χ3n) is 5.32. The Hall–Kier alpha value is -4.50. The molecule has 0 atom stereocenters. The van der Waals surface area contributed by atoms with Crippen molar-refractivity contribution in [3.63, 3.8) is 0 Å². The number of imide groups is 2. The molecule has 3 aromatic rings. The number of carbonyl (C=O) groups is 4. The fraction of sp³-hybridized carbons (Fsp3) is 0.111. The molecule has 1 N–H and O–H groups in total. The van der Waals surface area contributed by atoms with E-state index < -0.39 is 23.8 Å². The molecule has 4 rings (SSSR count). The van der Waals surface area contributed by atoms with Gasteiger partial charge in [0.25, 0.3) is 11.8 Å². The van der Waals surface area contributed by atoms with Gasteiger partial charge in [0.1, 0.15) is 23.7 Å². The molecular formula is C27H20ClFN2O6. The van der Waals surface area contributed by atoms with Gasteiger partial charge in [0.05, 0.1) is 17.9 Å². The van der Waals surface area contributed by atoms with Crippen molar-refractivity contribution < 1.29 is 33.0 Å². The molecule has 0 aliphatic carbocycles. The molecule has 0 aromatic heterocycles. The van der Waals surface area contributed by atoms with Gasteiger partial charge in [-0.1, -0.05) is 23.7 Å². The molecule has 1 aliphatic rings. The summed E-state index contributed by atoms with van der Waals surface area (Å²) in [5.41, 5.74) is 1.07. The quantitative estimate of drug-likeness (QED) is 0.269. The standard InChI is InChI=1S/C27H20ClFN2O6/c1-2-36-26(34)17-5-10-21(11-6-17)31-25(33)22(24(32)30-27(31)35)14-18-13-19(28)7-12-23(18)37-15-16-3-8-20(29)9-4-16/h3-14H,2,15H2,1H3,(H,30,32,35)/b22-14+. The van der Waals surface area contributed by atoms with E-state index in [1.54, 1.807) is 31.2 Å². The van der Waals surface area contributed by atoms with Crippen LogP contribution in [0.3, 0.4) is 0 Å². The first-order valence-electron chi connectivity index (χ1n) is 11.1. The Balaban J connectivity index is 1.62. The fourth-order valence-electron chi connectivity index (χ4n) is 3.51. The van der Waals surface area contributed by atoms with E-state index in [0.717, 1.165) is 4.90 Å². The number of hydrogen-bond donors (Lipinski definition) is 1. The van der Waals surface area contributed by atoms with Crippen molar-refractivity contribution in [2.24, 2.45) is 0 Å². The SMILES string of the molecule is CCOC(=O)c1ccc(N2C(=O)NC(=O)/C(=C\c3cc(Cl)ccc3OCc3ccc(F)cc3)C2=O)cc1. The Morgan fingerprint density at radius 2 is 1.73 bits per heavy atom. The molecule has 8 nitrogen and oxygen atoms in total.